The van der Waals surface area contributed by atoms with Crippen LogP contribution >= 0.6 is 11.6 Å². The zero-order valence-electron chi connectivity index (χ0n) is 16.7. The lowest BCUT2D eigenvalue weighted by Crippen LogP contribution is -2.21. The van der Waals surface area contributed by atoms with Crippen LogP contribution in [0.3, 0.4) is 0 Å². The molecule has 1 N–H and O–H groups in total. The maximum atomic E-state index is 12.6. The third-order valence-electron chi connectivity index (χ3n) is 5.28. The topological polar surface area (TPSA) is 77.4 Å². The molecule has 1 aromatic heterocycles. The van der Waals surface area contributed by atoms with Crippen LogP contribution in [-0.2, 0) is 26.1 Å². The van der Waals surface area contributed by atoms with E-state index in [1.807, 2.05) is 54.1 Å². The normalized spacial score (nSPS) is 19.4. The standard InChI is InChI=1S/C22H23ClN2O4S/c1-14(22(26)29-21-12-18(21)15-6-8-16(23)9-7-15)13-25-11-10-17-19(24-30(2,27)28)4-3-5-20(17)25/h3-11,14,18,21,24H,12-13H2,1-2H3. The number of rotatable bonds is 7. The van der Waals surface area contributed by atoms with Gasteiger partial charge in [-0.3, -0.25) is 9.52 Å². The van der Waals surface area contributed by atoms with Gasteiger partial charge in [-0.15, -0.1) is 0 Å². The molecule has 2 aromatic carbocycles. The summed E-state index contributed by atoms with van der Waals surface area (Å²) in [5.41, 5.74) is 2.51. The van der Waals surface area contributed by atoms with Crippen molar-refractivity contribution < 1.29 is 17.9 Å². The molecule has 6 nitrogen and oxygen atoms in total. The van der Waals surface area contributed by atoms with Crippen molar-refractivity contribution >= 4 is 44.2 Å². The molecule has 3 atom stereocenters. The summed E-state index contributed by atoms with van der Waals surface area (Å²) in [4.78, 5) is 12.6. The predicted molar refractivity (Wildman–Crippen MR) is 118 cm³/mol. The smallest absolute Gasteiger partial charge is 0.310 e. The van der Waals surface area contributed by atoms with Gasteiger partial charge in [-0.1, -0.05) is 36.7 Å². The van der Waals surface area contributed by atoms with Gasteiger partial charge in [-0.05, 0) is 42.3 Å². The number of aromatic nitrogens is 1. The average Bonchev–Trinajstić information content (AvgIpc) is 3.31. The number of nitrogens with one attached hydrogen (secondary N) is 1. The third kappa shape index (κ3) is 4.63. The van der Waals surface area contributed by atoms with Gasteiger partial charge < -0.3 is 9.30 Å². The Hall–Kier alpha value is -2.51. The molecule has 30 heavy (non-hydrogen) atoms. The Morgan fingerprint density at radius 2 is 1.97 bits per heavy atom. The number of nitrogens with zero attached hydrogens (tertiary/aromatic N) is 1. The summed E-state index contributed by atoms with van der Waals surface area (Å²) in [5, 5.41) is 1.48. The van der Waals surface area contributed by atoms with Gasteiger partial charge in [0.2, 0.25) is 10.0 Å². The third-order valence-corrected chi connectivity index (χ3v) is 6.12. The monoisotopic (exact) mass is 446 g/mol. The molecule has 1 aliphatic carbocycles. The van der Waals surface area contributed by atoms with Crippen molar-refractivity contribution in [3.63, 3.8) is 0 Å². The van der Waals surface area contributed by atoms with Crippen LogP contribution in [0.1, 0.15) is 24.8 Å². The van der Waals surface area contributed by atoms with Crippen molar-refractivity contribution in [1.29, 1.82) is 0 Å². The molecule has 8 heteroatoms. The second-order valence-corrected chi connectivity index (χ2v) is 10.0. The lowest BCUT2D eigenvalue weighted by molar-refractivity contribution is -0.149. The molecule has 0 bridgehead atoms. The van der Waals surface area contributed by atoms with Crippen LogP contribution in [0.5, 0.6) is 0 Å². The summed E-state index contributed by atoms with van der Waals surface area (Å²) in [6, 6.07) is 14.9. The fraction of sp³-hybridized carbons (Fsp3) is 0.318. The van der Waals surface area contributed by atoms with Gasteiger partial charge >= 0.3 is 5.97 Å². The molecule has 0 aliphatic heterocycles. The number of carbonyl (C=O) groups excluding carboxylic acids is 1. The maximum absolute atomic E-state index is 12.6. The number of benzene rings is 2. The largest absolute Gasteiger partial charge is 0.461 e. The molecule has 1 saturated carbocycles. The minimum atomic E-state index is -3.37. The maximum Gasteiger partial charge on any atom is 0.310 e. The van der Waals surface area contributed by atoms with Crippen LogP contribution in [0.4, 0.5) is 5.69 Å². The Labute approximate surface area is 180 Å². The molecule has 4 rings (SSSR count). The van der Waals surface area contributed by atoms with E-state index in [9.17, 15) is 13.2 Å². The highest BCUT2D eigenvalue weighted by atomic mass is 35.5. The van der Waals surface area contributed by atoms with Crippen molar-refractivity contribution in [3.05, 3.63) is 65.3 Å². The number of sulfonamides is 1. The van der Waals surface area contributed by atoms with Crippen LogP contribution in [0, 0.1) is 5.92 Å². The number of halogens is 1. The van der Waals surface area contributed by atoms with E-state index in [4.69, 9.17) is 16.3 Å². The van der Waals surface area contributed by atoms with Crippen LogP contribution < -0.4 is 4.72 Å². The summed E-state index contributed by atoms with van der Waals surface area (Å²) < 4.78 is 33.3. The van der Waals surface area contributed by atoms with E-state index in [2.05, 4.69) is 4.72 Å². The van der Waals surface area contributed by atoms with Crippen molar-refractivity contribution in [3.8, 4) is 0 Å². The number of hydrogen-bond donors (Lipinski definition) is 1. The molecule has 0 radical (unpaired) electrons. The molecular formula is C22H23ClN2O4S. The Bertz CT molecular complexity index is 1190. The number of carbonyl (C=O) groups is 1. The minimum Gasteiger partial charge on any atom is -0.461 e. The van der Waals surface area contributed by atoms with E-state index in [-0.39, 0.29) is 23.9 Å². The first-order chi connectivity index (χ1) is 14.2. The molecule has 158 valence electrons. The van der Waals surface area contributed by atoms with Crippen molar-refractivity contribution in [2.45, 2.75) is 31.9 Å². The summed E-state index contributed by atoms with van der Waals surface area (Å²) in [7, 11) is -3.37. The van der Waals surface area contributed by atoms with Gasteiger partial charge in [0.05, 0.1) is 23.4 Å². The van der Waals surface area contributed by atoms with Gasteiger partial charge in [0.15, 0.2) is 0 Å². The van der Waals surface area contributed by atoms with Crippen molar-refractivity contribution in [2.24, 2.45) is 5.92 Å². The fourth-order valence-electron chi connectivity index (χ4n) is 3.67. The number of anilines is 1. The van der Waals surface area contributed by atoms with E-state index in [1.165, 1.54) is 0 Å². The SMILES string of the molecule is CC(Cn1ccc2c(NS(C)(=O)=O)cccc21)C(=O)OC1CC1c1ccc(Cl)cc1. The first-order valence-corrected chi connectivity index (χ1v) is 12.0. The minimum absolute atomic E-state index is 0.0897. The van der Waals surface area contributed by atoms with Crippen molar-refractivity contribution in [1.82, 2.24) is 4.57 Å². The highest BCUT2D eigenvalue weighted by molar-refractivity contribution is 7.92. The molecule has 0 saturated heterocycles. The molecule has 1 fully saturated rings. The second-order valence-electron chi connectivity index (χ2n) is 7.85. The van der Waals surface area contributed by atoms with Crippen LogP contribution in [-0.4, -0.2) is 31.3 Å². The van der Waals surface area contributed by atoms with E-state index in [0.717, 1.165) is 29.1 Å². The van der Waals surface area contributed by atoms with E-state index in [1.54, 1.807) is 12.1 Å². The van der Waals surface area contributed by atoms with Crippen LogP contribution in [0.25, 0.3) is 10.9 Å². The number of esters is 1. The molecule has 1 aliphatic rings. The Morgan fingerprint density at radius 3 is 2.67 bits per heavy atom. The summed E-state index contributed by atoms with van der Waals surface area (Å²) in [6.07, 6.45) is 3.71. The van der Waals surface area contributed by atoms with Crippen molar-refractivity contribution in [2.75, 3.05) is 11.0 Å². The highest BCUT2D eigenvalue weighted by Crippen LogP contribution is 2.44. The van der Waals surface area contributed by atoms with Crippen LogP contribution in [0.15, 0.2) is 54.7 Å². The number of fused-ring (bicyclic) bond motifs is 1. The van der Waals surface area contributed by atoms with Gasteiger partial charge in [-0.25, -0.2) is 8.42 Å². The first-order valence-electron chi connectivity index (χ1n) is 9.73. The Balaban J connectivity index is 1.41. The lowest BCUT2D eigenvalue weighted by atomic mass is 10.1. The molecule has 1 heterocycles. The molecule has 0 spiro atoms. The predicted octanol–water partition coefficient (Wildman–Crippen LogP) is 4.40. The molecule has 3 aromatic rings. The van der Waals surface area contributed by atoms with Gasteiger partial charge in [0, 0.05) is 29.1 Å². The highest BCUT2D eigenvalue weighted by Gasteiger charge is 2.42. The van der Waals surface area contributed by atoms with Gasteiger partial charge in [-0.2, -0.15) is 0 Å². The molecular weight excluding hydrogens is 424 g/mol. The molecule has 3 unspecified atom stereocenters. The van der Waals surface area contributed by atoms with E-state index < -0.39 is 10.0 Å². The average molecular weight is 447 g/mol. The summed E-state index contributed by atoms with van der Waals surface area (Å²) in [5.74, 6) is -0.335. The van der Waals surface area contributed by atoms with E-state index >= 15 is 0 Å². The van der Waals surface area contributed by atoms with E-state index in [0.29, 0.717) is 17.3 Å². The summed E-state index contributed by atoms with van der Waals surface area (Å²) in [6.45, 7) is 2.29. The Kier molecular flexibility index (Phi) is 5.51. The first kappa shape index (κ1) is 20.8. The van der Waals surface area contributed by atoms with Gasteiger partial charge in [0.25, 0.3) is 0 Å². The second kappa shape index (κ2) is 7.96. The molecule has 0 amide bonds. The quantitative estimate of drug-likeness (QED) is 0.545. The zero-order valence-corrected chi connectivity index (χ0v) is 18.3. The number of ether oxygens (including phenoxy) is 1. The van der Waals surface area contributed by atoms with Crippen LogP contribution in [0.2, 0.25) is 5.02 Å². The summed E-state index contributed by atoms with van der Waals surface area (Å²) >= 11 is 5.93. The fourth-order valence-corrected chi connectivity index (χ4v) is 4.37. The van der Waals surface area contributed by atoms with Gasteiger partial charge in [0.1, 0.15) is 6.10 Å². The zero-order chi connectivity index (χ0) is 21.5. The Morgan fingerprint density at radius 1 is 1.23 bits per heavy atom. The lowest BCUT2D eigenvalue weighted by Gasteiger charge is -2.14. The number of hydrogen-bond acceptors (Lipinski definition) is 4.